The minimum absolute atomic E-state index is 0.00732. The van der Waals surface area contributed by atoms with Crippen LogP contribution in [0.4, 0.5) is 0 Å². The highest BCUT2D eigenvalue weighted by Crippen LogP contribution is 2.07. The zero-order valence-electron chi connectivity index (χ0n) is 10.8. The monoisotopic (exact) mass is 246 g/mol. The van der Waals surface area contributed by atoms with Crippen LogP contribution in [0, 0.1) is 6.92 Å². The number of rotatable bonds is 3. The van der Waals surface area contributed by atoms with Gasteiger partial charge in [-0.05, 0) is 14.0 Å². The van der Waals surface area contributed by atoms with Gasteiger partial charge in [0.2, 0.25) is 5.91 Å². The van der Waals surface area contributed by atoms with E-state index in [1.165, 1.54) is 0 Å². The maximum absolute atomic E-state index is 12.0. The van der Waals surface area contributed by atoms with Crippen LogP contribution in [0.25, 0.3) is 0 Å². The van der Waals surface area contributed by atoms with E-state index in [1.54, 1.807) is 4.90 Å². The van der Waals surface area contributed by atoms with E-state index in [2.05, 4.69) is 0 Å². The Bertz CT molecular complexity index is 453. The van der Waals surface area contributed by atoms with Gasteiger partial charge in [0.15, 0.2) is 5.78 Å². The van der Waals surface area contributed by atoms with Crippen LogP contribution >= 0.6 is 0 Å². The van der Waals surface area contributed by atoms with Crippen molar-refractivity contribution in [2.24, 2.45) is 0 Å². The van der Waals surface area contributed by atoms with Gasteiger partial charge in [-0.1, -0.05) is 29.8 Å². The summed E-state index contributed by atoms with van der Waals surface area (Å²) in [4.78, 5) is 27.4. The lowest BCUT2D eigenvalue weighted by atomic mass is 10.1. The van der Waals surface area contributed by atoms with Gasteiger partial charge in [-0.25, -0.2) is 0 Å². The summed E-state index contributed by atoms with van der Waals surface area (Å²) in [5.41, 5.74) is 1.80. The van der Waals surface area contributed by atoms with E-state index in [1.807, 2.05) is 43.1 Å². The van der Waals surface area contributed by atoms with E-state index in [4.69, 9.17) is 0 Å². The highest BCUT2D eigenvalue weighted by atomic mass is 16.2. The van der Waals surface area contributed by atoms with Crippen LogP contribution in [-0.2, 0) is 4.79 Å². The number of nitrogens with zero attached hydrogens (tertiary/aromatic N) is 2. The molecule has 0 spiro atoms. The molecule has 4 heteroatoms. The first kappa shape index (κ1) is 12.8. The number of aryl methyl sites for hydroxylation is 1. The van der Waals surface area contributed by atoms with Crippen LogP contribution in [0.3, 0.4) is 0 Å². The van der Waals surface area contributed by atoms with Gasteiger partial charge in [0.1, 0.15) is 0 Å². The number of Topliss-reactive ketones (excluding diaryl/α,β-unsaturated/α-hetero) is 1. The number of carbonyl (C=O) groups excluding carboxylic acids is 2. The lowest BCUT2D eigenvalue weighted by Gasteiger charge is -2.31. The third kappa shape index (κ3) is 2.96. The number of ketones is 1. The molecule has 0 radical (unpaired) electrons. The fraction of sp³-hybridized carbons (Fsp3) is 0.429. The van der Waals surface area contributed by atoms with Crippen LogP contribution in [0.15, 0.2) is 24.3 Å². The fourth-order valence-electron chi connectivity index (χ4n) is 2.00. The molecule has 0 saturated carbocycles. The Morgan fingerprint density at radius 2 is 1.89 bits per heavy atom. The maximum atomic E-state index is 12.0. The molecule has 0 aliphatic carbocycles. The van der Waals surface area contributed by atoms with Crippen LogP contribution < -0.4 is 0 Å². The van der Waals surface area contributed by atoms with Gasteiger partial charge in [-0.15, -0.1) is 0 Å². The molecule has 1 fully saturated rings. The standard InChI is InChI=1S/C14H18N2O2/c1-11-3-5-12(6-4-11)13(17)9-16-8-7-15(2)10-14(16)18/h3-6H,7-10H2,1-2H3. The molecule has 1 aromatic rings. The summed E-state index contributed by atoms with van der Waals surface area (Å²) in [6.07, 6.45) is 0. The van der Waals surface area contributed by atoms with E-state index in [0.29, 0.717) is 18.7 Å². The maximum Gasteiger partial charge on any atom is 0.237 e. The Kier molecular flexibility index (Phi) is 3.77. The Morgan fingerprint density at radius 3 is 2.50 bits per heavy atom. The predicted octanol–water partition coefficient (Wildman–Crippen LogP) is 0.952. The third-order valence-electron chi connectivity index (χ3n) is 3.22. The lowest BCUT2D eigenvalue weighted by Crippen LogP contribution is -2.50. The molecular weight excluding hydrogens is 228 g/mol. The molecule has 1 aromatic carbocycles. The number of benzene rings is 1. The molecular formula is C14H18N2O2. The summed E-state index contributed by atoms with van der Waals surface area (Å²) >= 11 is 0. The molecule has 4 nitrogen and oxygen atoms in total. The number of likely N-dealkylation sites (N-methyl/N-ethyl adjacent to an activating group) is 1. The first-order valence-electron chi connectivity index (χ1n) is 6.12. The second-order valence-electron chi connectivity index (χ2n) is 4.84. The third-order valence-corrected chi connectivity index (χ3v) is 3.22. The molecule has 1 aliphatic heterocycles. The molecule has 1 aliphatic rings. The van der Waals surface area contributed by atoms with Gasteiger partial charge in [0.05, 0.1) is 13.1 Å². The molecule has 96 valence electrons. The highest BCUT2D eigenvalue weighted by Gasteiger charge is 2.23. The minimum Gasteiger partial charge on any atom is -0.333 e. The van der Waals surface area contributed by atoms with Crippen molar-refractivity contribution in [3.05, 3.63) is 35.4 Å². The molecule has 1 amide bonds. The Hall–Kier alpha value is -1.68. The Balaban J connectivity index is 1.99. The fourth-order valence-corrected chi connectivity index (χ4v) is 2.00. The van der Waals surface area contributed by atoms with Gasteiger partial charge in [0.25, 0.3) is 0 Å². The van der Waals surface area contributed by atoms with E-state index in [-0.39, 0.29) is 18.2 Å². The first-order valence-corrected chi connectivity index (χ1v) is 6.12. The molecule has 0 atom stereocenters. The number of hydrogen-bond acceptors (Lipinski definition) is 3. The van der Waals surface area contributed by atoms with Gasteiger partial charge in [-0.3, -0.25) is 14.5 Å². The van der Waals surface area contributed by atoms with Crippen LogP contribution in [0.1, 0.15) is 15.9 Å². The molecule has 1 saturated heterocycles. The zero-order valence-corrected chi connectivity index (χ0v) is 10.8. The van der Waals surface area contributed by atoms with Crippen molar-refractivity contribution in [3.63, 3.8) is 0 Å². The second-order valence-corrected chi connectivity index (χ2v) is 4.84. The number of hydrogen-bond donors (Lipinski definition) is 0. The van der Waals surface area contributed by atoms with Crippen molar-refractivity contribution in [3.8, 4) is 0 Å². The molecule has 0 N–H and O–H groups in total. The molecule has 18 heavy (non-hydrogen) atoms. The van der Waals surface area contributed by atoms with Crippen molar-refractivity contribution in [2.75, 3.05) is 33.2 Å². The van der Waals surface area contributed by atoms with Crippen LogP contribution in [0.2, 0.25) is 0 Å². The summed E-state index contributed by atoms with van der Waals surface area (Å²) in [5, 5.41) is 0. The average molecular weight is 246 g/mol. The van der Waals surface area contributed by atoms with E-state index >= 15 is 0 Å². The quantitative estimate of drug-likeness (QED) is 0.746. The molecule has 2 rings (SSSR count). The van der Waals surface area contributed by atoms with E-state index < -0.39 is 0 Å². The van der Waals surface area contributed by atoms with Gasteiger partial charge >= 0.3 is 0 Å². The molecule has 0 bridgehead atoms. The average Bonchev–Trinajstić information content (AvgIpc) is 2.33. The summed E-state index contributed by atoms with van der Waals surface area (Å²) in [5.74, 6) is 0.0390. The number of amides is 1. The normalized spacial score (nSPS) is 17.0. The highest BCUT2D eigenvalue weighted by molar-refractivity contribution is 5.99. The lowest BCUT2D eigenvalue weighted by molar-refractivity contribution is -0.134. The summed E-state index contributed by atoms with van der Waals surface area (Å²) < 4.78 is 0. The molecule has 0 unspecified atom stereocenters. The smallest absolute Gasteiger partial charge is 0.237 e. The minimum atomic E-state index is 0.00732. The summed E-state index contributed by atoms with van der Waals surface area (Å²) in [6.45, 7) is 4.04. The van der Waals surface area contributed by atoms with Crippen molar-refractivity contribution < 1.29 is 9.59 Å². The Labute approximate surface area is 107 Å². The number of piperazine rings is 1. The van der Waals surface area contributed by atoms with Gasteiger partial charge in [0, 0.05) is 18.7 Å². The summed E-state index contributed by atoms with van der Waals surface area (Å²) in [7, 11) is 1.91. The predicted molar refractivity (Wildman–Crippen MR) is 69.6 cm³/mol. The number of carbonyl (C=O) groups is 2. The van der Waals surface area contributed by atoms with E-state index in [0.717, 1.165) is 12.1 Å². The van der Waals surface area contributed by atoms with Crippen LogP contribution in [-0.4, -0.2) is 54.7 Å². The van der Waals surface area contributed by atoms with Crippen molar-refractivity contribution >= 4 is 11.7 Å². The second kappa shape index (κ2) is 5.31. The molecule has 1 heterocycles. The van der Waals surface area contributed by atoms with Crippen molar-refractivity contribution in [1.29, 1.82) is 0 Å². The first-order chi connectivity index (χ1) is 8.56. The molecule has 0 aromatic heterocycles. The van der Waals surface area contributed by atoms with Crippen LogP contribution in [0.5, 0.6) is 0 Å². The van der Waals surface area contributed by atoms with Gasteiger partial charge in [-0.2, -0.15) is 0 Å². The largest absolute Gasteiger partial charge is 0.333 e. The Morgan fingerprint density at radius 1 is 1.22 bits per heavy atom. The van der Waals surface area contributed by atoms with E-state index in [9.17, 15) is 9.59 Å². The summed E-state index contributed by atoms with van der Waals surface area (Å²) in [6, 6.07) is 7.47. The topological polar surface area (TPSA) is 40.6 Å². The van der Waals surface area contributed by atoms with Crippen molar-refractivity contribution in [1.82, 2.24) is 9.80 Å². The van der Waals surface area contributed by atoms with Crippen molar-refractivity contribution in [2.45, 2.75) is 6.92 Å². The van der Waals surface area contributed by atoms with Gasteiger partial charge < -0.3 is 4.90 Å². The zero-order chi connectivity index (χ0) is 13.1. The SMILES string of the molecule is Cc1ccc(C(=O)CN2CCN(C)CC2=O)cc1.